The zero-order chi connectivity index (χ0) is 15.3. The molecule has 0 aliphatic rings. The van der Waals surface area contributed by atoms with Gasteiger partial charge < -0.3 is 9.64 Å². The summed E-state index contributed by atoms with van der Waals surface area (Å²) >= 11 is 0. The molecule has 0 fully saturated rings. The lowest BCUT2D eigenvalue weighted by atomic mass is 9.86. The van der Waals surface area contributed by atoms with Gasteiger partial charge in [-0.05, 0) is 37.0 Å². The third-order valence-corrected chi connectivity index (χ3v) is 3.22. The summed E-state index contributed by atoms with van der Waals surface area (Å²) in [4.78, 5) is 24.7. The Hall–Kier alpha value is -1.84. The van der Waals surface area contributed by atoms with Crippen molar-refractivity contribution in [3.8, 4) is 5.75 Å². The first-order valence-electron chi connectivity index (χ1n) is 6.90. The van der Waals surface area contributed by atoms with E-state index in [9.17, 15) is 9.59 Å². The van der Waals surface area contributed by atoms with Gasteiger partial charge in [0.2, 0.25) is 0 Å². The first-order chi connectivity index (χ1) is 9.33. The van der Waals surface area contributed by atoms with Crippen LogP contribution in [0.4, 0.5) is 4.79 Å². The van der Waals surface area contributed by atoms with Crippen molar-refractivity contribution < 1.29 is 14.3 Å². The molecule has 0 aromatic heterocycles. The number of nitrogens with zero attached hydrogens (tertiary/aromatic N) is 1. The van der Waals surface area contributed by atoms with Crippen molar-refractivity contribution in [3.63, 3.8) is 0 Å². The van der Waals surface area contributed by atoms with Gasteiger partial charge in [-0.25, -0.2) is 4.79 Å². The van der Waals surface area contributed by atoms with Crippen molar-refractivity contribution in [2.75, 3.05) is 13.1 Å². The molecule has 0 spiro atoms. The molecule has 4 heteroatoms. The van der Waals surface area contributed by atoms with E-state index in [2.05, 4.69) is 20.8 Å². The van der Waals surface area contributed by atoms with Crippen molar-refractivity contribution in [2.45, 2.75) is 40.0 Å². The maximum Gasteiger partial charge on any atom is 0.415 e. The van der Waals surface area contributed by atoms with E-state index in [0.29, 0.717) is 24.4 Å². The van der Waals surface area contributed by atoms with Gasteiger partial charge in [0.15, 0.2) is 6.29 Å². The fourth-order valence-electron chi connectivity index (χ4n) is 1.84. The lowest BCUT2D eigenvalue weighted by Crippen LogP contribution is -2.33. The van der Waals surface area contributed by atoms with E-state index < -0.39 is 6.09 Å². The fraction of sp³-hybridized carbons (Fsp3) is 0.500. The standard InChI is InChI=1S/C16H23NO3/c1-6-17(7-2)15(19)20-14-9-8-13(16(3,4)5)10-12(14)11-18/h8-11H,6-7H2,1-5H3. The molecule has 20 heavy (non-hydrogen) atoms. The Morgan fingerprint density at radius 3 is 2.30 bits per heavy atom. The number of benzene rings is 1. The second-order valence-electron chi connectivity index (χ2n) is 5.66. The minimum Gasteiger partial charge on any atom is -0.409 e. The average molecular weight is 277 g/mol. The minimum absolute atomic E-state index is 0.0564. The summed E-state index contributed by atoms with van der Waals surface area (Å²) in [5.74, 6) is 0.310. The molecule has 0 heterocycles. The maximum atomic E-state index is 11.9. The van der Waals surface area contributed by atoms with E-state index in [1.54, 1.807) is 17.0 Å². The summed E-state index contributed by atoms with van der Waals surface area (Å²) in [7, 11) is 0. The fourth-order valence-corrected chi connectivity index (χ4v) is 1.84. The molecule has 0 atom stereocenters. The first-order valence-corrected chi connectivity index (χ1v) is 6.90. The molecule has 1 rings (SSSR count). The van der Waals surface area contributed by atoms with Crippen LogP contribution in [0.5, 0.6) is 5.75 Å². The highest BCUT2D eigenvalue weighted by molar-refractivity contribution is 5.82. The first kappa shape index (κ1) is 16.2. The highest BCUT2D eigenvalue weighted by Gasteiger charge is 2.18. The number of amides is 1. The summed E-state index contributed by atoms with van der Waals surface area (Å²) in [6.07, 6.45) is 0.293. The van der Waals surface area contributed by atoms with Crippen molar-refractivity contribution in [2.24, 2.45) is 0 Å². The maximum absolute atomic E-state index is 11.9. The third-order valence-electron chi connectivity index (χ3n) is 3.22. The highest BCUT2D eigenvalue weighted by Crippen LogP contribution is 2.27. The summed E-state index contributed by atoms with van der Waals surface area (Å²) in [6, 6.07) is 5.35. The summed E-state index contributed by atoms with van der Waals surface area (Å²) in [5.41, 5.74) is 1.37. The SMILES string of the molecule is CCN(CC)C(=O)Oc1ccc(C(C)(C)C)cc1C=O. The number of hydrogen-bond acceptors (Lipinski definition) is 3. The average Bonchev–Trinajstić information content (AvgIpc) is 2.39. The quantitative estimate of drug-likeness (QED) is 0.789. The predicted octanol–water partition coefficient (Wildman–Crippen LogP) is 3.64. The number of aldehydes is 1. The van der Waals surface area contributed by atoms with Gasteiger partial charge in [-0.2, -0.15) is 0 Å². The van der Waals surface area contributed by atoms with Gasteiger partial charge in [-0.1, -0.05) is 26.8 Å². The van der Waals surface area contributed by atoms with Crippen molar-refractivity contribution in [1.29, 1.82) is 0 Å². The van der Waals surface area contributed by atoms with Gasteiger partial charge in [0, 0.05) is 13.1 Å². The normalized spacial score (nSPS) is 11.1. The van der Waals surface area contributed by atoms with E-state index in [4.69, 9.17) is 4.74 Å². The number of carbonyl (C=O) groups is 2. The Bertz CT molecular complexity index is 485. The van der Waals surface area contributed by atoms with Crippen LogP contribution in [0.3, 0.4) is 0 Å². The molecule has 4 nitrogen and oxygen atoms in total. The van der Waals surface area contributed by atoms with Crippen LogP contribution in [0.2, 0.25) is 0 Å². The molecule has 0 unspecified atom stereocenters. The Balaban J connectivity index is 3.02. The lowest BCUT2D eigenvalue weighted by molar-refractivity contribution is 0.111. The van der Waals surface area contributed by atoms with Crippen LogP contribution in [0, 0.1) is 0 Å². The number of carbonyl (C=O) groups excluding carboxylic acids is 2. The van der Waals surface area contributed by atoms with Crippen LogP contribution in [-0.4, -0.2) is 30.4 Å². The topological polar surface area (TPSA) is 46.6 Å². The molecule has 0 aliphatic heterocycles. The van der Waals surface area contributed by atoms with E-state index in [1.165, 1.54) is 0 Å². The molecular formula is C16H23NO3. The molecule has 0 radical (unpaired) electrons. The van der Waals surface area contributed by atoms with E-state index >= 15 is 0 Å². The van der Waals surface area contributed by atoms with Crippen LogP contribution < -0.4 is 4.74 Å². The van der Waals surface area contributed by atoms with E-state index in [0.717, 1.165) is 11.8 Å². The van der Waals surface area contributed by atoms with Crippen LogP contribution in [0.25, 0.3) is 0 Å². The van der Waals surface area contributed by atoms with Gasteiger partial charge >= 0.3 is 6.09 Å². The summed E-state index contributed by atoms with van der Waals surface area (Å²) in [5, 5.41) is 0. The Kier molecular flexibility index (Phi) is 5.31. The minimum atomic E-state index is -0.429. The van der Waals surface area contributed by atoms with Gasteiger partial charge in [0.05, 0.1) is 5.56 Å². The lowest BCUT2D eigenvalue weighted by Gasteiger charge is -2.21. The molecule has 0 bridgehead atoms. The van der Waals surface area contributed by atoms with Crippen LogP contribution in [0.15, 0.2) is 18.2 Å². The molecule has 0 saturated heterocycles. The number of rotatable bonds is 4. The van der Waals surface area contributed by atoms with E-state index in [-0.39, 0.29) is 5.41 Å². The molecule has 110 valence electrons. The second-order valence-corrected chi connectivity index (χ2v) is 5.66. The Labute approximate surface area is 120 Å². The second kappa shape index (κ2) is 6.55. The van der Waals surface area contributed by atoms with Gasteiger partial charge in [0.1, 0.15) is 5.75 Å². The number of ether oxygens (including phenoxy) is 1. The summed E-state index contributed by atoms with van der Waals surface area (Å²) in [6.45, 7) is 11.1. The highest BCUT2D eigenvalue weighted by atomic mass is 16.6. The smallest absolute Gasteiger partial charge is 0.409 e. The van der Waals surface area contributed by atoms with Crippen molar-refractivity contribution >= 4 is 12.4 Å². The van der Waals surface area contributed by atoms with Gasteiger partial charge in [-0.3, -0.25) is 4.79 Å². The molecule has 1 aromatic carbocycles. The molecule has 0 saturated carbocycles. The van der Waals surface area contributed by atoms with Gasteiger partial charge in [-0.15, -0.1) is 0 Å². The molecule has 1 amide bonds. The Morgan fingerprint density at radius 2 is 1.85 bits per heavy atom. The zero-order valence-corrected chi connectivity index (χ0v) is 12.9. The molecule has 1 aromatic rings. The van der Waals surface area contributed by atoms with Gasteiger partial charge in [0.25, 0.3) is 0 Å². The zero-order valence-electron chi connectivity index (χ0n) is 12.9. The molecule has 0 aliphatic carbocycles. The molecule has 0 N–H and O–H groups in total. The van der Waals surface area contributed by atoms with E-state index in [1.807, 2.05) is 19.9 Å². The summed E-state index contributed by atoms with van der Waals surface area (Å²) < 4.78 is 5.30. The monoisotopic (exact) mass is 277 g/mol. The predicted molar refractivity (Wildman–Crippen MR) is 79.5 cm³/mol. The largest absolute Gasteiger partial charge is 0.415 e. The molecular weight excluding hydrogens is 254 g/mol. The van der Waals surface area contributed by atoms with Crippen LogP contribution in [-0.2, 0) is 5.41 Å². The van der Waals surface area contributed by atoms with Crippen molar-refractivity contribution in [3.05, 3.63) is 29.3 Å². The van der Waals surface area contributed by atoms with Crippen LogP contribution in [0.1, 0.15) is 50.5 Å². The Morgan fingerprint density at radius 1 is 1.25 bits per heavy atom. The van der Waals surface area contributed by atoms with Crippen LogP contribution >= 0.6 is 0 Å². The number of hydrogen-bond donors (Lipinski definition) is 0. The third kappa shape index (κ3) is 3.83. The van der Waals surface area contributed by atoms with Crippen molar-refractivity contribution in [1.82, 2.24) is 4.90 Å².